The van der Waals surface area contributed by atoms with Gasteiger partial charge in [0.2, 0.25) is 0 Å². The summed E-state index contributed by atoms with van der Waals surface area (Å²) >= 11 is 3.63. The molecule has 0 N–H and O–H groups in total. The summed E-state index contributed by atoms with van der Waals surface area (Å²) in [6.45, 7) is 16.1. The molecule has 1 nitrogen and oxygen atoms in total. The number of rotatable bonds is 5. The van der Waals surface area contributed by atoms with Crippen molar-refractivity contribution < 1.29 is 0 Å². The van der Waals surface area contributed by atoms with Gasteiger partial charge in [0.15, 0.2) is 0 Å². The fraction of sp³-hybridized carbons (Fsp3) is 1.00. The highest BCUT2D eigenvalue weighted by molar-refractivity contribution is 9.09. The van der Waals surface area contributed by atoms with Gasteiger partial charge in [-0.1, -0.05) is 43.6 Å². The van der Waals surface area contributed by atoms with E-state index in [4.69, 9.17) is 0 Å². The summed E-state index contributed by atoms with van der Waals surface area (Å²) in [5, 5.41) is 1.10. The van der Waals surface area contributed by atoms with Crippen LogP contribution in [0.3, 0.4) is 0 Å². The Hall–Kier alpha value is 0.440. The molecule has 0 rings (SSSR count). The van der Waals surface area contributed by atoms with Crippen molar-refractivity contribution in [2.75, 3.05) is 18.4 Å². The molecule has 0 radical (unpaired) electrons. The third-order valence-electron chi connectivity index (χ3n) is 3.00. The lowest BCUT2D eigenvalue weighted by Crippen LogP contribution is -2.40. The molecular formula is C12H26BrN. The van der Waals surface area contributed by atoms with Crippen molar-refractivity contribution >= 4 is 15.9 Å². The molecule has 0 aliphatic carbocycles. The van der Waals surface area contributed by atoms with Crippen molar-refractivity contribution in [2.45, 2.75) is 47.6 Å². The summed E-state index contributed by atoms with van der Waals surface area (Å²) in [6, 6.07) is 0.656. The van der Waals surface area contributed by atoms with E-state index in [1.807, 2.05) is 0 Å². The quantitative estimate of drug-likeness (QED) is 0.683. The highest BCUT2D eigenvalue weighted by Crippen LogP contribution is 2.28. The smallest absolute Gasteiger partial charge is 0.00768 e. The summed E-state index contributed by atoms with van der Waals surface area (Å²) < 4.78 is 0. The Morgan fingerprint density at radius 2 is 1.71 bits per heavy atom. The predicted molar refractivity (Wildman–Crippen MR) is 69.1 cm³/mol. The molecule has 0 spiro atoms. The maximum Gasteiger partial charge on any atom is 0.00768 e. The molecule has 0 fully saturated rings. The summed E-state index contributed by atoms with van der Waals surface area (Å²) in [6.07, 6.45) is 0. The summed E-state index contributed by atoms with van der Waals surface area (Å²) in [4.78, 5) is 2.54. The lowest BCUT2D eigenvalue weighted by atomic mass is 9.81. The lowest BCUT2D eigenvalue weighted by Gasteiger charge is -2.35. The summed E-state index contributed by atoms with van der Waals surface area (Å²) in [5.74, 6) is 0.727. The Bertz CT molecular complexity index is 149. The van der Waals surface area contributed by atoms with Gasteiger partial charge >= 0.3 is 0 Å². The zero-order chi connectivity index (χ0) is 11.4. The first-order valence-electron chi connectivity index (χ1n) is 5.62. The number of halogens is 1. The van der Waals surface area contributed by atoms with Gasteiger partial charge in [-0.15, -0.1) is 0 Å². The van der Waals surface area contributed by atoms with Gasteiger partial charge in [-0.2, -0.15) is 0 Å². The standard InChI is InChI=1S/C12H26BrN/c1-7-14(10(2)3)9-11(8-13)12(4,5)6/h10-11H,7-9H2,1-6H3. The number of hydrogen-bond donors (Lipinski definition) is 0. The SMILES string of the molecule is CCN(CC(CBr)C(C)(C)C)C(C)C. The van der Waals surface area contributed by atoms with Gasteiger partial charge in [0.25, 0.3) is 0 Å². The molecule has 0 aliphatic rings. The Balaban J connectivity index is 4.29. The van der Waals surface area contributed by atoms with Crippen LogP contribution in [0.2, 0.25) is 0 Å². The third kappa shape index (κ3) is 4.79. The molecule has 2 heteroatoms. The molecule has 1 unspecified atom stereocenters. The highest BCUT2D eigenvalue weighted by atomic mass is 79.9. The van der Waals surface area contributed by atoms with Gasteiger partial charge < -0.3 is 4.90 Å². The van der Waals surface area contributed by atoms with Crippen molar-refractivity contribution in [3.05, 3.63) is 0 Å². The minimum absolute atomic E-state index is 0.395. The fourth-order valence-corrected chi connectivity index (χ4v) is 2.72. The van der Waals surface area contributed by atoms with Gasteiger partial charge in [0.1, 0.15) is 0 Å². The van der Waals surface area contributed by atoms with E-state index in [0.29, 0.717) is 11.5 Å². The van der Waals surface area contributed by atoms with Crippen LogP contribution < -0.4 is 0 Å². The number of hydrogen-bond acceptors (Lipinski definition) is 1. The maximum atomic E-state index is 3.63. The van der Waals surface area contributed by atoms with E-state index in [1.54, 1.807) is 0 Å². The van der Waals surface area contributed by atoms with Crippen LogP contribution in [0.25, 0.3) is 0 Å². The molecule has 0 saturated carbocycles. The van der Waals surface area contributed by atoms with Crippen LogP contribution in [0.1, 0.15) is 41.5 Å². The van der Waals surface area contributed by atoms with Crippen molar-refractivity contribution in [3.8, 4) is 0 Å². The van der Waals surface area contributed by atoms with Gasteiger partial charge in [-0.3, -0.25) is 0 Å². The lowest BCUT2D eigenvalue weighted by molar-refractivity contribution is 0.145. The Labute approximate surface area is 98.4 Å². The first kappa shape index (κ1) is 14.4. The van der Waals surface area contributed by atoms with Gasteiger partial charge in [0.05, 0.1) is 0 Å². The van der Waals surface area contributed by atoms with E-state index < -0.39 is 0 Å². The third-order valence-corrected chi connectivity index (χ3v) is 3.78. The Kier molecular flexibility index (Phi) is 6.31. The van der Waals surface area contributed by atoms with Crippen molar-refractivity contribution in [2.24, 2.45) is 11.3 Å². The topological polar surface area (TPSA) is 3.24 Å². The number of nitrogens with zero attached hydrogens (tertiary/aromatic N) is 1. The van der Waals surface area contributed by atoms with Crippen molar-refractivity contribution in [3.63, 3.8) is 0 Å². The molecule has 0 saturated heterocycles. The number of alkyl halides is 1. The molecule has 0 aromatic heterocycles. The van der Waals surface area contributed by atoms with Crippen LogP contribution in [0, 0.1) is 11.3 Å². The van der Waals surface area contributed by atoms with Crippen molar-refractivity contribution in [1.82, 2.24) is 4.90 Å². The second-order valence-corrected chi connectivity index (χ2v) is 6.05. The van der Waals surface area contributed by atoms with E-state index >= 15 is 0 Å². The van der Waals surface area contributed by atoms with E-state index in [9.17, 15) is 0 Å². The Morgan fingerprint density at radius 1 is 1.21 bits per heavy atom. The largest absolute Gasteiger partial charge is 0.301 e. The zero-order valence-electron chi connectivity index (χ0n) is 10.6. The molecule has 0 heterocycles. The Morgan fingerprint density at radius 3 is 1.93 bits per heavy atom. The van der Waals surface area contributed by atoms with Gasteiger partial charge in [-0.25, -0.2) is 0 Å². The fourth-order valence-electron chi connectivity index (χ4n) is 1.54. The van der Waals surface area contributed by atoms with E-state index in [0.717, 1.165) is 17.8 Å². The minimum atomic E-state index is 0.395. The molecule has 1 atom stereocenters. The first-order valence-corrected chi connectivity index (χ1v) is 6.75. The monoisotopic (exact) mass is 263 g/mol. The van der Waals surface area contributed by atoms with Gasteiger partial charge in [0, 0.05) is 17.9 Å². The van der Waals surface area contributed by atoms with Crippen LogP contribution in [-0.2, 0) is 0 Å². The normalized spacial score (nSPS) is 15.2. The molecule has 0 aliphatic heterocycles. The first-order chi connectivity index (χ1) is 6.32. The zero-order valence-corrected chi connectivity index (χ0v) is 12.2. The molecule has 0 bridgehead atoms. The molecule has 14 heavy (non-hydrogen) atoms. The van der Waals surface area contributed by atoms with Crippen LogP contribution in [0.15, 0.2) is 0 Å². The second kappa shape index (κ2) is 6.12. The molecule has 0 aromatic carbocycles. The highest BCUT2D eigenvalue weighted by Gasteiger charge is 2.25. The van der Waals surface area contributed by atoms with Crippen LogP contribution >= 0.6 is 15.9 Å². The maximum absolute atomic E-state index is 3.63. The van der Waals surface area contributed by atoms with Crippen molar-refractivity contribution in [1.29, 1.82) is 0 Å². The predicted octanol–water partition coefficient (Wildman–Crippen LogP) is 3.77. The second-order valence-electron chi connectivity index (χ2n) is 5.40. The average Bonchev–Trinajstić information content (AvgIpc) is 2.03. The van der Waals surface area contributed by atoms with E-state index in [2.05, 4.69) is 62.4 Å². The average molecular weight is 264 g/mol. The van der Waals surface area contributed by atoms with Crippen LogP contribution in [0.4, 0.5) is 0 Å². The molecule has 0 aromatic rings. The van der Waals surface area contributed by atoms with E-state index in [1.165, 1.54) is 6.54 Å². The van der Waals surface area contributed by atoms with Crippen LogP contribution in [-0.4, -0.2) is 29.4 Å². The van der Waals surface area contributed by atoms with Gasteiger partial charge in [-0.05, 0) is 31.7 Å². The molecule has 0 amide bonds. The molecule has 86 valence electrons. The summed E-state index contributed by atoms with van der Waals surface area (Å²) in [5.41, 5.74) is 0.395. The minimum Gasteiger partial charge on any atom is -0.301 e. The molecular weight excluding hydrogens is 238 g/mol. The summed E-state index contributed by atoms with van der Waals surface area (Å²) in [7, 11) is 0. The van der Waals surface area contributed by atoms with E-state index in [-0.39, 0.29) is 0 Å². The van der Waals surface area contributed by atoms with Crippen LogP contribution in [0.5, 0.6) is 0 Å².